The number of rotatable bonds is 3. The maximum Gasteiger partial charge on any atom is 0.419 e. The molecule has 0 amide bonds. The van der Waals surface area contributed by atoms with Gasteiger partial charge in [0.2, 0.25) is 6.08 Å². The van der Waals surface area contributed by atoms with Gasteiger partial charge in [-0.1, -0.05) is 36.4 Å². The van der Waals surface area contributed by atoms with Crippen LogP contribution in [0.1, 0.15) is 22.7 Å². The quantitative estimate of drug-likeness (QED) is 0.472. The molecule has 1 atom stereocenters. The van der Waals surface area contributed by atoms with E-state index in [1.54, 1.807) is 30.3 Å². The van der Waals surface area contributed by atoms with Crippen LogP contribution in [0, 0.1) is 5.82 Å². The second kappa shape index (κ2) is 5.89. The molecular formula is C15H9F4NO. The van der Waals surface area contributed by atoms with E-state index in [0.717, 1.165) is 12.1 Å². The van der Waals surface area contributed by atoms with Crippen LogP contribution in [-0.2, 0) is 11.0 Å². The minimum Gasteiger partial charge on any atom is -0.211 e. The predicted octanol–water partition coefficient (Wildman–Crippen LogP) is 4.27. The van der Waals surface area contributed by atoms with E-state index in [-0.39, 0.29) is 5.56 Å². The van der Waals surface area contributed by atoms with E-state index in [0.29, 0.717) is 11.6 Å². The lowest BCUT2D eigenvalue weighted by atomic mass is 9.98. The van der Waals surface area contributed by atoms with Crippen molar-refractivity contribution in [2.45, 2.75) is 12.2 Å². The molecule has 2 nitrogen and oxygen atoms in total. The number of halogens is 4. The largest absolute Gasteiger partial charge is 0.419 e. The predicted molar refractivity (Wildman–Crippen MR) is 67.8 cm³/mol. The summed E-state index contributed by atoms with van der Waals surface area (Å²) in [6.07, 6.45) is -3.41. The van der Waals surface area contributed by atoms with Gasteiger partial charge in [-0.2, -0.15) is 18.2 Å². The number of hydrogen-bond acceptors (Lipinski definition) is 2. The summed E-state index contributed by atoms with van der Waals surface area (Å²) < 4.78 is 51.2. The molecule has 21 heavy (non-hydrogen) atoms. The number of nitrogens with zero attached hydrogens (tertiary/aromatic N) is 1. The summed E-state index contributed by atoms with van der Waals surface area (Å²) in [6.45, 7) is 0. The number of alkyl halides is 3. The maximum atomic E-state index is 13.6. The zero-order valence-corrected chi connectivity index (χ0v) is 10.6. The van der Waals surface area contributed by atoms with Gasteiger partial charge in [-0.25, -0.2) is 9.18 Å². The molecular weight excluding hydrogens is 286 g/mol. The van der Waals surface area contributed by atoms with Crippen molar-refractivity contribution in [1.29, 1.82) is 0 Å². The van der Waals surface area contributed by atoms with Gasteiger partial charge in [0.1, 0.15) is 11.9 Å². The van der Waals surface area contributed by atoms with Gasteiger partial charge in [0.05, 0.1) is 5.56 Å². The van der Waals surface area contributed by atoms with Gasteiger partial charge in [-0.15, -0.1) is 0 Å². The molecule has 0 aliphatic carbocycles. The molecule has 0 aromatic heterocycles. The zero-order chi connectivity index (χ0) is 15.5. The lowest BCUT2D eigenvalue weighted by molar-refractivity contribution is -0.140. The Bertz CT molecular complexity index is 676. The van der Waals surface area contributed by atoms with Gasteiger partial charge in [-0.3, -0.25) is 0 Å². The van der Waals surface area contributed by atoms with Crippen molar-refractivity contribution < 1.29 is 22.4 Å². The zero-order valence-electron chi connectivity index (χ0n) is 10.6. The lowest BCUT2D eigenvalue weighted by Gasteiger charge is -2.14. The van der Waals surface area contributed by atoms with Crippen molar-refractivity contribution in [3.8, 4) is 0 Å². The van der Waals surface area contributed by atoms with Crippen LogP contribution in [0.5, 0.6) is 0 Å². The first-order valence-corrected chi connectivity index (χ1v) is 5.92. The van der Waals surface area contributed by atoms with E-state index >= 15 is 0 Å². The summed E-state index contributed by atoms with van der Waals surface area (Å²) in [5.74, 6) is -1.40. The standard InChI is InChI=1S/C15H9F4NO/c16-13-8-11(6-7-12(13)15(17,18)19)14(20-9-21)10-4-2-1-3-5-10/h1-8,14H. The van der Waals surface area contributed by atoms with Crippen LogP contribution in [0.3, 0.4) is 0 Å². The molecule has 0 saturated heterocycles. The second-order valence-electron chi connectivity index (χ2n) is 4.27. The first-order chi connectivity index (χ1) is 9.93. The second-order valence-corrected chi connectivity index (χ2v) is 4.27. The van der Waals surface area contributed by atoms with E-state index < -0.39 is 23.6 Å². The van der Waals surface area contributed by atoms with Gasteiger partial charge in [0.15, 0.2) is 0 Å². The number of hydrogen-bond donors (Lipinski definition) is 0. The molecule has 0 N–H and O–H groups in total. The fourth-order valence-corrected chi connectivity index (χ4v) is 1.96. The lowest BCUT2D eigenvalue weighted by Crippen LogP contribution is -2.09. The van der Waals surface area contributed by atoms with E-state index in [1.807, 2.05) is 0 Å². The van der Waals surface area contributed by atoms with Crippen molar-refractivity contribution in [3.05, 3.63) is 71.0 Å². The smallest absolute Gasteiger partial charge is 0.211 e. The molecule has 0 heterocycles. The third-order valence-corrected chi connectivity index (χ3v) is 2.91. The van der Waals surface area contributed by atoms with Crippen molar-refractivity contribution in [2.75, 3.05) is 0 Å². The monoisotopic (exact) mass is 295 g/mol. The first kappa shape index (κ1) is 14.9. The summed E-state index contributed by atoms with van der Waals surface area (Å²) in [5.41, 5.74) is -0.650. The Labute approximate surface area is 117 Å². The van der Waals surface area contributed by atoms with E-state index in [2.05, 4.69) is 4.99 Å². The molecule has 0 spiro atoms. The molecule has 2 aromatic carbocycles. The first-order valence-electron chi connectivity index (χ1n) is 5.92. The molecule has 0 aliphatic heterocycles. The Morgan fingerprint density at radius 1 is 1.00 bits per heavy atom. The highest BCUT2D eigenvalue weighted by atomic mass is 19.4. The third kappa shape index (κ3) is 3.35. The van der Waals surface area contributed by atoms with Crippen LogP contribution in [-0.4, -0.2) is 6.08 Å². The molecule has 6 heteroatoms. The summed E-state index contributed by atoms with van der Waals surface area (Å²) in [5, 5.41) is 0. The van der Waals surface area contributed by atoms with Gasteiger partial charge in [0.25, 0.3) is 0 Å². The number of benzene rings is 2. The fraction of sp³-hybridized carbons (Fsp3) is 0.133. The highest BCUT2D eigenvalue weighted by Gasteiger charge is 2.34. The summed E-state index contributed by atoms with van der Waals surface area (Å²) in [7, 11) is 0. The molecule has 0 bridgehead atoms. The Morgan fingerprint density at radius 3 is 2.19 bits per heavy atom. The molecule has 0 fully saturated rings. The van der Waals surface area contributed by atoms with Crippen LogP contribution in [0.25, 0.3) is 0 Å². The minimum atomic E-state index is -4.77. The molecule has 0 saturated carbocycles. The van der Waals surface area contributed by atoms with Gasteiger partial charge < -0.3 is 0 Å². The van der Waals surface area contributed by atoms with Crippen LogP contribution >= 0.6 is 0 Å². The Balaban J connectivity index is 2.48. The number of carbonyl (C=O) groups excluding carboxylic acids is 1. The summed E-state index contributed by atoms with van der Waals surface area (Å²) in [4.78, 5) is 14.1. The van der Waals surface area contributed by atoms with Gasteiger partial charge in [-0.05, 0) is 23.3 Å². The third-order valence-electron chi connectivity index (χ3n) is 2.91. The average molecular weight is 295 g/mol. The highest BCUT2D eigenvalue weighted by Crippen LogP contribution is 2.34. The van der Waals surface area contributed by atoms with Gasteiger partial charge >= 0.3 is 6.18 Å². The molecule has 0 radical (unpaired) electrons. The normalized spacial score (nSPS) is 12.6. The number of isocyanates is 1. The van der Waals surface area contributed by atoms with Crippen LogP contribution in [0.15, 0.2) is 53.5 Å². The summed E-state index contributed by atoms with van der Waals surface area (Å²) >= 11 is 0. The van der Waals surface area contributed by atoms with Crippen LogP contribution in [0.4, 0.5) is 17.6 Å². The molecule has 108 valence electrons. The summed E-state index contributed by atoms with van der Waals surface area (Å²) in [6, 6.07) is 9.97. The van der Waals surface area contributed by atoms with Gasteiger partial charge in [0, 0.05) is 0 Å². The molecule has 2 rings (SSSR count). The van der Waals surface area contributed by atoms with Crippen LogP contribution in [0.2, 0.25) is 0 Å². The van der Waals surface area contributed by atoms with E-state index in [9.17, 15) is 22.4 Å². The van der Waals surface area contributed by atoms with Crippen molar-refractivity contribution in [2.24, 2.45) is 4.99 Å². The average Bonchev–Trinajstić information content (AvgIpc) is 2.44. The van der Waals surface area contributed by atoms with Crippen molar-refractivity contribution in [1.82, 2.24) is 0 Å². The number of aliphatic imine (C=N–C) groups is 1. The van der Waals surface area contributed by atoms with E-state index in [1.165, 1.54) is 6.08 Å². The van der Waals surface area contributed by atoms with E-state index in [4.69, 9.17) is 0 Å². The van der Waals surface area contributed by atoms with Crippen molar-refractivity contribution in [3.63, 3.8) is 0 Å². The Kier molecular flexibility index (Phi) is 4.19. The minimum absolute atomic E-state index is 0.148. The Morgan fingerprint density at radius 2 is 1.67 bits per heavy atom. The Hall–Kier alpha value is -2.46. The maximum absolute atomic E-state index is 13.6. The topological polar surface area (TPSA) is 29.4 Å². The molecule has 0 aliphatic rings. The SMILES string of the molecule is O=C=NC(c1ccccc1)c1ccc(C(F)(F)F)c(F)c1. The molecule has 1 unspecified atom stereocenters. The highest BCUT2D eigenvalue weighted by molar-refractivity contribution is 5.41. The fourth-order valence-electron chi connectivity index (χ4n) is 1.96. The van der Waals surface area contributed by atoms with Crippen LogP contribution < -0.4 is 0 Å². The van der Waals surface area contributed by atoms with Crippen molar-refractivity contribution >= 4 is 6.08 Å². The molecule has 2 aromatic rings.